The molecule has 0 aromatic heterocycles. The maximum atomic E-state index is 11.4. The largest absolute Gasteiger partial charge is 0.344 e. The van der Waals surface area contributed by atoms with E-state index >= 15 is 0 Å². The summed E-state index contributed by atoms with van der Waals surface area (Å²) in [6, 6.07) is 0. The summed E-state index contributed by atoms with van der Waals surface area (Å²) in [4.78, 5) is 15.3. The molecule has 78 valence electrons. The van der Waals surface area contributed by atoms with Crippen LogP contribution >= 0.6 is 0 Å². The van der Waals surface area contributed by atoms with Crippen molar-refractivity contribution in [1.82, 2.24) is 9.80 Å². The SMILES string of the molecule is CCCCC(=O)N(C)CCN(C)C. The molecule has 0 aliphatic rings. The number of hydrogen-bond acceptors (Lipinski definition) is 2. The second kappa shape index (κ2) is 6.89. The number of likely N-dealkylation sites (N-methyl/N-ethyl adjacent to an activating group) is 2. The van der Waals surface area contributed by atoms with Crippen molar-refractivity contribution in [3.05, 3.63) is 0 Å². The molecule has 3 nitrogen and oxygen atoms in total. The lowest BCUT2D eigenvalue weighted by atomic mass is 10.2. The highest BCUT2D eigenvalue weighted by molar-refractivity contribution is 5.75. The number of amides is 1. The van der Waals surface area contributed by atoms with E-state index in [-0.39, 0.29) is 5.91 Å². The van der Waals surface area contributed by atoms with Crippen LogP contribution in [0, 0.1) is 0 Å². The maximum Gasteiger partial charge on any atom is 0.222 e. The van der Waals surface area contributed by atoms with E-state index in [9.17, 15) is 4.79 Å². The highest BCUT2D eigenvalue weighted by Crippen LogP contribution is 1.98. The number of hydrogen-bond donors (Lipinski definition) is 0. The van der Waals surface area contributed by atoms with E-state index in [1.54, 1.807) is 0 Å². The summed E-state index contributed by atoms with van der Waals surface area (Å²) in [6.45, 7) is 3.87. The summed E-state index contributed by atoms with van der Waals surface area (Å²) in [5.41, 5.74) is 0. The highest BCUT2D eigenvalue weighted by Gasteiger charge is 2.06. The van der Waals surface area contributed by atoms with Crippen LogP contribution in [0.15, 0.2) is 0 Å². The fraction of sp³-hybridized carbons (Fsp3) is 0.900. The quantitative estimate of drug-likeness (QED) is 0.622. The summed E-state index contributed by atoms with van der Waals surface area (Å²) in [5, 5.41) is 0. The van der Waals surface area contributed by atoms with Crippen molar-refractivity contribution in [2.24, 2.45) is 0 Å². The van der Waals surface area contributed by atoms with Crippen molar-refractivity contribution in [1.29, 1.82) is 0 Å². The van der Waals surface area contributed by atoms with Crippen molar-refractivity contribution in [3.63, 3.8) is 0 Å². The Morgan fingerprint density at radius 2 is 1.77 bits per heavy atom. The molecule has 0 fully saturated rings. The van der Waals surface area contributed by atoms with Gasteiger partial charge in [0.1, 0.15) is 0 Å². The third-order valence-corrected chi connectivity index (χ3v) is 2.05. The molecule has 0 aliphatic carbocycles. The first-order chi connectivity index (χ1) is 6.07. The van der Waals surface area contributed by atoms with Gasteiger partial charge < -0.3 is 9.80 Å². The van der Waals surface area contributed by atoms with Gasteiger partial charge in [-0.05, 0) is 20.5 Å². The minimum Gasteiger partial charge on any atom is -0.344 e. The zero-order valence-electron chi connectivity index (χ0n) is 9.34. The Bertz CT molecular complexity index is 146. The third-order valence-electron chi connectivity index (χ3n) is 2.05. The molecule has 0 N–H and O–H groups in total. The fourth-order valence-corrected chi connectivity index (χ4v) is 0.994. The van der Waals surface area contributed by atoms with Gasteiger partial charge in [0.05, 0.1) is 0 Å². The van der Waals surface area contributed by atoms with Crippen LogP contribution in [0.1, 0.15) is 26.2 Å². The maximum absolute atomic E-state index is 11.4. The van der Waals surface area contributed by atoms with E-state index in [4.69, 9.17) is 0 Å². The second-order valence-electron chi connectivity index (χ2n) is 3.72. The number of carbonyl (C=O) groups excluding carboxylic acids is 1. The Balaban J connectivity index is 3.57. The number of carbonyl (C=O) groups is 1. The molecule has 1 amide bonds. The molecule has 0 spiro atoms. The van der Waals surface area contributed by atoms with Crippen LogP contribution in [0.5, 0.6) is 0 Å². The van der Waals surface area contributed by atoms with Gasteiger partial charge in [-0.1, -0.05) is 13.3 Å². The Kier molecular flexibility index (Phi) is 6.59. The third kappa shape index (κ3) is 6.58. The van der Waals surface area contributed by atoms with Crippen molar-refractivity contribution in [2.45, 2.75) is 26.2 Å². The molecule has 0 saturated heterocycles. The number of nitrogens with zero attached hydrogens (tertiary/aromatic N) is 2. The van der Waals surface area contributed by atoms with E-state index in [1.807, 2.05) is 26.0 Å². The molecular formula is C10H22N2O. The summed E-state index contributed by atoms with van der Waals surface area (Å²) in [5.74, 6) is 0.267. The average molecular weight is 186 g/mol. The molecule has 0 rings (SSSR count). The van der Waals surface area contributed by atoms with Gasteiger partial charge >= 0.3 is 0 Å². The van der Waals surface area contributed by atoms with Crippen molar-refractivity contribution in [3.8, 4) is 0 Å². The first kappa shape index (κ1) is 12.4. The molecule has 0 heterocycles. The van der Waals surface area contributed by atoms with Crippen LogP contribution in [0.25, 0.3) is 0 Å². The minimum absolute atomic E-state index is 0.267. The lowest BCUT2D eigenvalue weighted by Crippen LogP contribution is -2.33. The Morgan fingerprint density at radius 1 is 1.15 bits per heavy atom. The molecule has 3 heteroatoms. The number of rotatable bonds is 6. The molecule has 0 aromatic rings. The molecular weight excluding hydrogens is 164 g/mol. The average Bonchev–Trinajstić information content (AvgIpc) is 2.10. The van der Waals surface area contributed by atoms with E-state index in [1.165, 1.54) is 0 Å². The van der Waals surface area contributed by atoms with Gasteiger partial charge in [-0.15, -0.1) is 0 Å². The van der Waals surface area contributed by atoms with Crippen LogP contribution in [0.3, 0.4) is 0 Å². The monoisotopic (exact) mass is 186 g/mol. The van der Waals surface area contributed by atoms with Gasteiger partial charge in [0.25, 0.3) is 0 Å². The predicted molar refractivity (Wildman–Crippen MR) is 55.7 cm³/mol. The normalized spacial score (nSPS) is 10.5. The minimum atomic E-state index is 0.267. The fourth-order valence-electron chi connectivity index (χ4n) is 0.994. The zero-order chi connectivity index (χ0) is 10.3. The summed E-state index contributed by atoms with van der Waals surface area (Å²) in [6.07, 6.45) is 2.79. The molecule has 0 radical (unpaired) electrons. The van der Waals surface area contributed by atoms with Gasteiger partial charge in [0, 0.05) is 26.6 Å². The van der Waals surface area contributed by atoms with Gasteiger partial charge in [-0.3, -0.25) is 4.79 Å². The second-order valence-corrected chi connectivity index (χ2v) is 3.72. The van der Waals surface area contributed by atoms with Crippen molar-refractivity contribution >= 4 is 5.91 Å². The van der Waals surface area contributed by atoms with Crippen molar-refractivity contribution < 1.29 is 4.79 Å². The Hall–Kier alpha value is -0.570. The van der Waals surface area contributed by atoms with Gasteiger partial charge in [-0.2, -0.15) is 0 Å². The van der Waals surface area contributed by atoms with E-state index in [2.05, 4.69) is 11.8 Å². The Labute approximate surface area is 81.7 Å². The van der Waals surface area contributed by atoms with E-state index in [0.29, 0.717) is 6.42 Å². The van der Waals surface area contributed by atoms with Crippen LogP contribution < -0.4 is 0 Å². The van der Waals surface area contributed by atoms with Gasteiger partial charge in [0.15, 0.2) is 0 Å². The molecule has 0 aliphatic heterocycles. The van der Waals surface area contributed by atoms with Gasteiger partial charge in [-0.25, -0.2) is 0 Å². The topological polar surface area (TPSA) is 23.6 Å². The molecule has 0 bridgehead atoms. The first-order valence-corrected chi connectivity index (χ1v) is 4.96. The summed E-state index contributed by atoms with van der Waals surface area (Å²) >= 11 is 0. The van der Waals surface area contributed by atoms with Crippen LogP contribution in [0.2, 0.25) is 0 Å². The lowest BCUT2D eigenvalue weighted by Gasteiger charge is -2.19. The van der Waals surface area contributed by atoms with Crippen LogP contribution in [-0.2, 0) is 4.79 Å². The molecule has 0 saturated carbocycles. The smallest absolute Gasteiger partial charge is 0.222 e. The van der Waals surface area contributed by atoms with Gasteiger partial charge in [0.2, 0.25) is 5.91 Å². The first-order valence-electron chi connectivity index (χ1n) is 4.96. The van der Waals surface area contributed by atoms with E-state index < -0.39 is 0 Å². The lowest BCUT2D eigenvalue weighted by molar-refractivity contribution is -0.130. The standard InChI is InChI=1S/C10H22N2O/c1-5-6-7-10(13)12(4)9-8-11(2)3/h5-9H2,1-4H3. The molecule has 0 unspecified atom stereocenters. The molecule has 13 heavy (non-hydrogen) atoms. The molecule has 0 atom stereocenters. The predicted octanol–water partition coefficient (Wildman–Crippen LogP) is 1.20. The van der Waals surface area contributed by atoms with Crippen LogP contribution in [-0.4, -0.2) is 49.9 Å². The highest BCUT2D eigenvalue weighted by atomic mass is 16.2. The zero-order valence-corrected chi connectivity index (χ0v) is 9.34. The Morgan fingerprint density at radius 3 is 2.23 bits per heavy atom. The van der Waals surface area contributed by atoms with Crippen LogP contribution in [0.4, 0.5) is 0 Å². The van der Waals surface area contributed by atoms with Crippen molar-refractivity contribution in [2.75, 3.05) is 34.2 Å². The number of unbranched alkanes of at least 4 members (excludes halogenated alkanes) is 1. The van der Waals surface area contributed by atoms with E-state index in [0.717, 1.165) is 25.9 Å². The summed E-state index contributed by atoms with van der Waals surface area (Å²) in [7, 11) is 5.91. The summed E-state index contributed by atoms with van der Waals surface area (Å²) < 4.78 is 0. The molecule has 0 aromatic carbocycles.